The molecule has 0 N–H and O–H groups in total. The lowest BCUT2D eigenvalue weighted by molar-refractivity contribution is -0.0436. The summed E-state index contributed by atoms with van der Waals surface area (Å²) in [6.07, 6.45) is 2.51. The first-order valence-electron chi connectivity index (χ1n) is 8.91. The summed E-state index contributed by atoms with van der Waals surface area (Å²) in [7, 11) is -5.57. The molecule has 2 aromatic heterocycles. The molecule has 2 aromatic carbocycles. The topological polar surface area (TPSA) is 86.8 Å². The molecule has 0 aliphatic heterocycles. The van der Waals surface area contributed by atoms with E-state index in [0.29, 0.717) is 0 Å². The standard InChI is InChI=1S/C20H12F4N4O3S/c21-15-6-1-2-7-16(15)28-17(8-10-25-28)19-18(29)9-11-27(26-19)13-4-3-5-14(12-13)32(30,31)20(22,23)24/h1-12H. The molecule has 4 aromatic rings. The normalized spacial score (nSPS) is 12.1. The van der Waals surface area contributed by atoms with Gasteiger partial charge in [0.15, 0.2) is 5.69 Å². The van der Waals surface area contributed by atoms with Crippen LogP contribution in [0.25, 0.3) is 22.8 Å². The van der Waals surface area contributed by atoms with E-state index in [0.717, 1.165) is 33.6 Å². The highest BCUT2D eigenvalue weighted by atomic mass is 32.2. The van der Waals surface area contributed by atoms with Crippen molar-refractivity contribution in [2.75, 3.05) is 0 Å². The number of hydrogen-bond donors (Lipinski definition) is 0. The molecule has 164 valence electrons. The number of aromatic nitrogens is 4. The monoisotopic (exact) mass is 464 g/mol. The van der Waals surface area contributed by atoms with Crippen LogP contribution in [0.2, 0.25) is 0 Å². The molecule has 0 aliphatic rings. The summed E-state index contributed by atoms with van der Waals surface area (Å²) >= 11 is 0. The summed E-state index contributed by atoms with van der Waals surface area (Å²) in [5.41, 5.74) is -6.04. The number of sulfone groups is 1. The summed E-state index contributed by atoms with van der Waals surface area (Å²) in [6, 6.07) is 12.3. The largest absolute Gasteiger partial charge is 0.501 e. The predicted octanol–water partition coefficient (Wildman–Crippen LogP) is 3.52. The lowest BCUT2D eigenvalue weighted by Crippen LogP contribution is -2.23. The zero-order valence-corrected chi connectivity index (χ0v) is 16.7. The van der Waals surface area contributed by atoms with E-state index in [4.69, 9.17) is 0 Å². The molecule has 4 rings (SSSR count). The van der Waals surface area contributed by atoms with Crippen LogP contribution < -0.4 is 5.43 Å². The van der Waals surface area contributed by atoms with Crippen molar-refractivity contribution in [1.82, 2.24) is 19.6 Å². The molecule has 0 atom stereocenters. The molecule has 0 aliphatic carbocycles. The minimum absolute atomic E-state index is 0.0338. The average molecular weight is 464 g/mol. The van der Waals surface area contributed by atoms with Crippen LogP contribution in [0.5, 0.6) is 0 Å². The minimum Gasteiger partial charge on any atom is -0.287 e. The highest BCUT2D eigenvalue weighted by Gasteiger charge is 2.46. The summed E-state index contributed by atoms with van der Waals surface area (Å²) < 4.78 is 78.6. The first-order valence-corrected chi connectivity index (χ1v) is 10.4. The van der Waals surface area contributed by atoms with E-state index in [2.05, 4.69) is 10.2 Å². The van der Waals surface area contributed by atoms with Crippen molar-refractivity contribution in [2.45, 2.75) is 10.4 Å². The maximum atomic E-state index is 14.2. The van der Waals surface area contributed by atoms with Crippen LogP contribution in [0.3, 0.4) is 0 Å². The molecule has 0 radical (unpaired) electrons. The Bertz CT molecular complexity index is 1480. The zero-order valence-electron chi connectivity index (χ0n) is 15.9. The van der Waals surface area contributed by atoms with E-state index in [1.807, 2.05) is 0 Å². The Morgan fingerprint density at radius 2 is 1.69 bits per heavy atom. The van der Waals surface area contributed by atoms with Crippen molar-refractivity contribution < 1.29 is 26.0 Å². The fourth-order valence-electron chi connectivity index (χ4n) is 2.95. The summed E-state index contributed by atoms with van der Waals surface area (Å²) in [5.74, 6) is -0.598. The van der Waals surface area contributed by atoms with E-state index in [1.54, 1.807) is 6.07 Å². The summed E-state index contributed by atoms with van der Waals surface area (Å²) in [5, 5.41) is 8.16. The number of alkyl halides is 3. The van der Waals surface area contributed by atoms with Gasteiger partial charge in [-0.25, -0.2) is 22.2 Å². The summed E-state index contributed by atoms with van der Waals surface area (Å²) in [6.45, 7) is 0. The first-order chi connectivity index (χ1) is 15.1. The second kappa shape index (κ2) is 7.71. The van der Waals surface area contributed by atoms with Gasteiger partial charge in [-0.1, -0.05) is 18.2 Å². The Morgan fingerprint density at radius 1 is 0.938 bits per heavy atom. The molecule has 0 saturated heterocycles. The Hall–Kier alpha value is -3.80. The SMILES string of the molecule is O=c1ccn(-c2cccc(S(=O)(=O)C(F)(F)F)c2)nc1-c1ccnn1-c1ccccc1F. The van der Waals surface area contributed by atoms with Crippen LogP contribution >= 0.6 is 0 Å². The number of benzene rings is 2. The van der Waals surface area contributed by atoms with Gasteiger partial charge in [-0.2, -0.15) is 23.4 Å². The molecule has 2 heterocycles. The molecule has 0 amide bonds. The first kappa shape index (κ1) is 21.4. The van der Waals surface area contributed by atoms with Crippen molar-refractivity contribution in [3.05, 3.63) is 89.1 Å². The van der Waals surface area contributed by atoms with Crippen molar-refractivity contribution in [3.8, 4) is 22.8 Å². The molecule has 0 fully saturated rings. The highest BCUT2D eigenvalue weighted by Crippen LogP contribution is 2.31. The van der Waals surface area contributed by atoms with Gasteiger partial charge in [0, 0.05) is 12.3 Å². The van der Waals surface area contributed by atoms with Gasteiger partial charge in [0.05, 0.1) is 22.5 Å². The molecular formula is C20H12F4N4O3S. The molecule has 32 heavy (non-hydrogen) atoms. The third-order valence-electron chi connectivity index (χ3n) is 4.47. The van der Waals surface area contributed by atoms with Crippen LogP contribution in [0, 0.1) is 5.82 Å². The van der Waals surface area contributed by atoms with Gasteiger partial charge in [-0.15, -0.1) is 0 Å². The van der Waals surface area contributed by atoms with Crippen molar-refractivity contribution in [1.29, 1.82) is 0 Å². The fourth-order valence-corrected chi connectivity index (χ4v) is 3.75. The maximum Gasteiger partial charge on any atom is 0.501 e. The van der Waals surface area contributed by atoms with Gasteiger partial charge in [-0.05, 0) is 36.4 Å². The third-order valence-corrected chi connectivity index (χ3v) is 5.96. The molecule has 0 bridgehead atoms. The molecule has 12 heteroatoms. The van der Waals surface area contributed by atoms with Gasteiger partial charge in [0.2, 0.25) is 5.43 Å². The van der Waals surface area contributed by atoms with Crippen LogP contribution in [-0.4, -0.2) is 33.5 Å². The Balaban J connectivity index is 1.84. The lowest BCUT2D eigenvalue weighted by atomic mass is 10.2. The second-order valence-corrected chi connectivity index (χ2v) is 8.44. The average Bonchev–Trinajstić information content (AvgIpc) is 3.23. The van der Waals surface area contributed by atoms with Gasteiger partial charge in [0.1, 0.15) is 11.5 Å². The number of nitrogens with zero attached hydrogens (tertiary/aromatic N) is 4. The van der Waals surface area contributed by atoms with E-state index in [1.165, 1.54) is 42.7 Å². The van der Waals surface area contributed by atoms with E-state index in [-0.39, 0.29) is 22.8 Å². The fraction of sp³-hybridized carbons (Fsp3) is 0.0500. The minimum atomic E-state index is -5.57. The van der Waals surface area contributed by atoms with Crippen LogP contribution in [0.1, 0.15) is 0 Å². The van der Waals surface area contributed by atoms with Crippen LogP contribution in [0.4, 0.5) is 17.6 Å². The van der Waals surface area contributed by atoms with Crippen LogP contribution in [0.15, 0.2) is 82.7 Å². The van der Waals surface area contributed by atoms with Crippen molar-refractivity contribution >= 4 is 9.84 Å². The number of halogens is 4. The highest BCUT2D eigenvalue weighted by molar-refractivity contribution is 7.92. The smallest absolute Gasteiger partial charge is 0.287 e. The van der Waals surface area contributed by atoms with Gasteiger partial charge in [-0.3, -0.25) is 4.79 Å². The zero-order chi connectivity index (χ0) is 23.1. The van der Waals surface area contributed by atoms with Crippen molar-refractivity contribution in [2.24, 2.45) is 0 Å². The molecule has 0 saturated carbocycles. The van der Waals surface area contributed by atoms with E-state index in [9.17, 15) is 30.8 Å². The number of hydrogen-bond acceptors (Lipinski definition) is 5. The quantitative estimate of drug-likeness (QED) is 0.432. The molecule has 0 unspecified atom stereocenters. The van der Waals surface area contributed by atoms with Gasteiger partial charge in [0.25, 0.3) is 9.84 Å². The maximum absolute atomic E-state index is 14.2. The predicted molar refractivity (Wildman–Crippen MR) is 106 cm³/mol. The molecule has 7 nitrogen and oxygen atoms in total. The van der Waals surface area contributed by atoms with Gasteiger partial charge < -0.3 is 0 Å². The van der Waals surface area contributed by atoms with E-state index < -0.39 is 31.5 Å². The molecular weight excluding hydrogens is 452 g/mol. The number of rotatable bonds is 4. The number of para-hydroxylation sites is 1. The van der Waals surface area contributed by atoms with E-state index >= 15 is 0 Å². The van der Waals surface area contributed by atoms with Crippen LogP contribution in [-0.2, 0) is 9.84 Å². The second-order valence-electron chi connectivity index (χ2n) is 6.50. The Labute approximate surface area is 178 Å². The third kappa shape index (κ3) is 3.68. The van der Waals surface area contributed by atoms with Gasteiger partial charge >= 0.3 is 5.51 Å². The Morgan fingerprint density at radius 3 is 2.41 bits per heavy atom. The summed E-state index contributed by atoms with van der Waals surface area (Å²) in [4.78, 5) is 11.5. The van der Waals surface area contributed by atoms with Crippen molar-refractivity contribution in [3.63, 3.8) is 0 Å². The Kier molecular flexibility index (Phi) is 5.17. The molecule has 0 spiro atoms. The lowest BCUT2D eigenvalue weighted by Gasteiger charge is -2.12.